The van der Waals surface area contributed by atoms with Gasteiger partial charge in [0.05, 0.1) is 4.34 Å². The van der Waals surface area contributed by atoms with Crippen LogP contribution in [0.4, 0.5) is 0 Å². The Hall–Kier alpha value is -0.0500. The van der Waals surface area contributed by atoms with E-state index in [2.05, 4.69) is 6.07 Å². The molecule has 1 heterocycles. The maximum absolute atomic E-state index is 6.06. The van der Waals surface area contributed by atoms with Gasteiger partial charge in [0.2, 0.25) is 0 Å². The van der Waals surface area contributed by atoms with Gasteiger partial charge in [-0.2, -0.15) is 0 Å². The minimum Gasteiger partial charge on any atom is -0.326 e. The first-order valence-electron chi connectivity index (χ1n) is 4.79. The molecule has 1 aliphatic carbocycles. The molecule has 0 unspecified atom stereocenters. The van der Waals surface area contributed by atoms with Crippen LogP contribution in [0.2, 0.25) is 4.34 Å². The third-order valence-electron chi connectivity index (χ3n) is 2.75. The molecule has 1 fully saturated rings. The Morgan fingerprint density at radius 1 is 1.46 bits per heavy atom. The average molecular weight is 216 g/mol. The van der Waals surface area contributed by atoms with Crippen molar-refractivity contribution in [2.24, 2.45) is 5.73 Å². The zero-order valence-corrected chi connectivity index (χ0v) is 9.13. The van der Waals surface area contributed by atoms with Crippen molar-refractivity contribution in [1.29, 1.82) is 0 Å². The van der Waals surface area contributed by atoms with Gasteiger partial charge in [-0.05, 0) is 30.4 Å². The Morgan fingerprint density at radius 3 is 2.69 bits per heavy atom. The summed E-state index contributed by atoms with van der Waals surface area (Å²) in [6.07, 6.45) is 5.41. The molecule has 0 saturated heterocycles. The molecule has 1 aromatic rings. The second-order valence-electron chi connectivity index (χ2n) is 3.63. The Bertz CT molecular complexity index is 289. The number of hydrogen-bond donors (Lipinski definition) is 1. The van der Waals surface area contributed by atoms with Gasteiger partial charge in [0.1, 0.15) is 0 Å². The van der Waals surface area contributed by atoms with Crippen molar-refractivity contribution in [2.75, 3.05) is 0 Å². The first-order valence-corrected chi connectivity index (χ1v) is 5.99. The zero-order valence-electron chi connectivity index (χ0n) is 7.55. The first kappa shape index (κ1) is 9.50. The number of thiophene rings is 1. The predicted octanol–water partition coefficient (Wildman–Crippen LogP) is 3.52. The van der Waals surface area contributed by atoms with E-state index in [0.29, 0.717) is 6.54 Å². The molecule has 0 atom stereocenters. The third kappa shape index (κ3) is 1.90. The zero-order chi connectivity index (χ0) is 9.26. The van der Waals surface area contributed by atoms with Gasteiger partial charge in [0.25, 0.3) is 0 Å². The quantitative estimate of drug-likeness (QED) is 0.803. The van der Waals surface area contributed by atoms with Gasteiger partial charge >= 0.3 is 0 Å². The molecule has 2 rings (SSSR count). The normalized spacial score (nSPS) is 18.3. The van der Waals surface area contributed by atoms with Gasteiger partial charge < -0.3 is 5.73 Å². The van der Waals surface area contributed by atoms with Crippen LogP contribution in [0.5, 0.6) is 0 Å². The van der Waals surface area contributed by atoms with E-state index in [-0.39, 0.29) is 0 Å². The van der Waals surface area contributed by atoms with Gasteiger partial charge in [0, 0.05) is 11.4 Å². The molecule has 2 N–H and O–H groups in total. The van der Waals surface area contributed by atoms with Crippen molar-refractivity contribution in [1.82, 2.24) is 0 Å². The van der Waals surface area contributed by atoms with E-state index in [1.54, 1.807) is 11.3 Å². The highest BCUT2D eigenvalue weighted by Gasteiger charge is 2.19. The van der Waals surface area contributed by atoms with E-state index < -0.39 is 0 Å². The summed E-state index contributed by atoms with van der Waals surface area (Å²) >= 11 is 7.78. The molecule has 1 nitrogen and oxygen atoms in total. The van der Waals surface area contributed by atoms with E-state index in [1.807, 2.05) is 0 Å². The van der Waals surface area contributed by atoms with E-state index in [0.717, 1.165) is 15.8 Å². The van der Waals surface area contributed by atoms with Gasteiger partial charge in [-0.25, -0.2) is 0 Å². The van der Waals surface area contributed by atoms with Gasteiger partial charge in [-0.15, -0.1) is 11.3 Å². The lowest BCUT2D eigenvalue weighted by molar-refractivity contribution is 0.737. The molecule has 72 valence electrons. The molecule has 1 aliphatic rings. The van der Waals surface area contributed by atoms with Crippen molar-refractivity contribution >= 4 is 22.9 Å². The fourth-order valence-corrected chi connectivity index (χ4v) is 3.46. The van der Waals surface area contributed by atoms with Gasteiger partial charge in [-0.3, -0.25) is 0 Å². The number of rotatable bonds is 2. The molecule has 0 aromatic carbocycles. The molecule has 0 amide bonds. The molecule has 0 spiro atoms. The summed E-state index contributed by atoms with van der Waals surface area (Å²) in [7, 11) is 0. The summed E-state index contributed by atoms with van der Waals surface area (Å²) in [5, 5.41) is 0. The maximum Gasteiger partial charge on any atom is 0.0976 e. The maximum atomic E-state index is 6.06. The molecule has 0 bridgehead atoms. The highest BCUT2D eigenvalue weighted by molar-refractivity contribution is 7.16. The van der Waals surface area contributed by atoms with Crippen LogP contribution in [-0.4, -0.2) is 0 Å². The van der Waals surface area contributed by atoms with E-state index in [4.69, 9.17) is 17.3 Å². The van der Waals surface area contributed by atoms with Crippen LogP contribution < -0.4 is 5.73 Å². The Balaban J connectivity index is 2.20. The highest BCUT2D eigenvalue weighted by Crippen LogP contribution is 2.40. The summed E-state index contributed by atoms with van der Waals surface area (Å²) < 4.78 is 0.893. The van der Waals surface area contributed by atoms with Gasteiger partial charge in [-0.1, -0.05) is 24.4 Å². The number of hydrogen-bond acceptors (Lipinski definition) is 2. The lowest BCUT2D eigenvalue weighted by Crippen LogP contribution is -1.94. The van der Waals surface area contributed by atoms with Crippen LogP contribution in [0.1, 0.15) is 42.0 Å². The highest BCUT2D eigenvalue weighted by atomic mass is 35.5. The molecule has 3 heteroatoms. The lowest BCUT2D eigenvalue weighted by atomic mass is 10.1. The molecule has 1 aromatic heterocycles. The summed E-state index contributed by atoms with van der Waals surface area (Å²) in [5.41, 5.74) is 6.70. The number of halogens is 1. The van der Waals surface area contributed by atoms with Crippen molar-refractivity contribution in [3.05, 3.63) is 20.8 Å². The van der Waals surface area contributed by atoms with Gasteiger partial charge in [0.15, 0.2) is 0 Å². The molecule has 0 radical (unpaired) electrons. The Kier molecular flexibility index (Phi) is 2.92. The van der Waals surface area contributed by atoms with E-state index in [1.165, 1.54) is 30.6 Å². The summed E-state index contributed by atoms with van der Waals surface area (Å²) in [6, 6.07) is 2.20. The van der Waals surface area contributed by atoms with E-state index in [9.17, 15) is 0 Å². The Labute approximate surface area is 87.9 Å². The van der Waals surface area contributed by atoms with Crippen LogP contribution in [-0.2, 0) is 6.54 Å². The van der Waals surface area contributed by atoms with Crippen molar-refractivity contribution in [3.63, 3.8) is 0 Å². The molecular formula is C10H14ClNS. The minimum absolute atomic E-state index is 0.571. The van der Waals surface area contributed by atoms with Crippen LogP contribution in [0, 0.1) is 0 Å². The fraction of sp³-hybridized carbons (Fsp3) is 0.600. The summed E-state index contributed by atoms with van der Waals surface area (Å²) in [6.45, 7) is 0.571. The summed E-state index contributed by atoms with van der Waals surface area (Å²) in [5.74, 6) is 0.766. The summed E-state index contributed by atoms with van der Waals surface area (Å²) in [4.78, 5) is 1.45. The first-order chi connectivity index (χ1) is 6.31. The van der Waals surface area contributed by atoms with Crippen molar-refractivity contribution in [2.45, 2.75) is 38.1 Å². The largest absolute Gasteiger partial charge is 0.326 e. The molecular weight excluding hydrogens is 202 g/mol. The van der Waals surface area contributed by atoms with Crippen molar-refractivity contribution < 1.29 is 0 Å². The van der Waals surface area contributed by atoms with Crippen molar-refractivity contribution in [3.8, 4) is 0 Å². The Morgan fingerprint density at radius 2 is 2.15 bits per heavy atom. The van der Waals surface area contributed by atoms with Crippen LogP contribution in [0.3, 0.4) is 0 Å². The second-order valence-corrected chi connectivity index (χ2v) is 5.32. The fourth-order valence-electron chi connectivity index (χ4n) is 1.98. The van der Waals surface area contributed by atoms with Crippen LogP contribution in [0.25, 0.3) is 0 Å². The average Bonchev–Trinajstić information content (AvgIpc) is 2.71. The molecule has 13 heavy (non-hydrogen) atoms. The second kappa shape index (κ2) is 3.99. The topological polar surface area (TPSA) is 26.0 Å². The lowest BCUT2D eigenvalue weighted by Gasteiger charge is -2.03. The predicted molar refractivity (Wildman–Crippen MR) is 58.4 cm³/mol. The monoisotopic (exact) mass is 215 g/mol. The van der Waals surface area contributed by atoms with Crippen LogP contribution in [0.15, 0.2) is 6.07 Å². The third-order valence-corrected chi connectivity index (χ3v) is 4.36. The minimum atomic E-state index is 0.571. The smallest absolute Gasteiger partial charge is 0.0976 e. The van der Waals surface area contributed by atoms with Crippen LogP contribution >= 0.6 is 22.9 Å². The molecule has 1 saturated carbocycles. The molecule has 0 aliphatic heterocycles. The van der Waals surface area contributed by atoms with E-state index >= 15 is 0 Å². The number of nitrogens with two attached hydrogens (primary N) is 1. The SMILES string of the molecule is NCc1cc(C2CCCC2)sc1Cl. The standard InChI is InChI=1S/C10H14ClNS/c11-10-8(6-12)5-9(13-10)7-3-1-2-4-7/h5,7H,1-4,6,12H2.